The highest BCUT2D eigenvalue weighted by Crippen LogP contribution is 1.93. The molecule has 0 aliphatic heterocycles. The molecule has 2 aromatic heterocycles. The Labute approximate surface area is 88.5 Å². The number of hydrogen-bond acceptors (Lipinski definition) is 3. The van der Waals surface area contributed by atoms with E-state index in [1.54, 1.807) is 11.0 Å². The van der Waals surface area contributed by atoms with E-state index >= 15 is 0 Å². The number of nitrogens with zero attached hydrogens (tertiary/aromatic N) is 3. The van der Waals surface area contributed by atoms with Gasteiger partial charge in [-0.25, -0.2) is 4.98 Å². The first-order valence-corrected chi connectivity index (χ1v) is 5.02. The summed E-state index contributed by atoms with van der Waals surface area (Å²) in [6, 6.07) is 4.06. The summed E-state index contributed by atoms with van der Waals surface area (Å²) >= 11 is 0. The SMILES string of the molecule is Cn1cnc(CCNCc2ccc[nH]2)n1. The summed E-state index contributed by atoms with van der Waals surface area (Å²) in [5.74, 6) is 0.886. The molecule has 0 saturated carbocycles. The predicted molar refractivity (Wildman–Crippen MR) is 57.2 cm³/mol. The predicted octanol–water partition coefficient (Wildman–Crippen LogP) is 0.475. The Morgan fingerprint density at radius 3 is 3.13 bits per heavy atom. The van der Waals surface area contributed by atoms with E-state index in [2.05, 4.69) is 26.4 Å². The molecule has 2 aromatic rings. The van der Waals surface area contributed by atoms with Crippen molar-refractivity contribution < 1.29 is 0 Å². The topological polar surface area (TPSA) is 58.5 Å². The second-order valence-electron chi connectivity index (χ2n) is 3.46. The van der Waals surface area contributed by atoms with Gasteiger partial charge in [-0.1, -0.05) is 0 Å². The van der Waals surface area contributed by atoms with Crippen LogP contribution in [0.4, 0.5) is 0 Å². The third-order valence-corrected chi connectivity index (χ3v) is 2.15. The van der Waals surface area contributed by atoms with Crippen LogP contribution in [0.15, 0.2) is 24.7 Å². The summed E-state index contributed by atoms with van der Waals surface area (Å²) in [7, 11) is 1.88. The second-order valence-corrected chi connectivity index (χ2v) is 3.46. The summed E-state index contributed by atoms with van der Waals surface area (Å²) in [4.78, 5) is 7.30. The first-order valence-electron chi connectivity index (χ1n) is 5.02. The largest absolute Gasteiger partial charge is 0.364 e. The van der Waals surface area contributed by atoms with Gasteiger partial charge in [0.2, 0.25) is 0 Å². The van der Waals surface area contributed by atoms with Crippen LogP contribution in [0.1, 0.15) is 11.5 Å². The lowest BCUT2D eigenvalue weighted by molar-refractivity contribution is 0.654. The fourth-order valence-corrected chi connectivity index (χ4v) is 1.40. The fraction of sp³-hybridized carbons (Fsp3) is 0.400. The number of nitrogens with one attached hydrogen (secondary N) is 2. The van der Waals surface area contributed by atoms with Crippen molar-refractivity contribution in [2.45, 2.75) is 13.0 Å². The minimum Gasteiger partial charge on any atom is -0.364 e. The molecule has 2 heterocycles. The average molecular weight is 205 g/mol. The van der Waals surface area contributed by atoms with E-state index in [0.717, 1.165) is 25.3 Å². The second kappa shape index (κ2) is 4.75. The molecule has 0 aliphatic rings. The van der Waals surface area contributed by atoms with Crippen LogP contribution in [0.5, 0.6) is 0 Å². The van der Waals surface area contributed by atoms with E-state index in [1.807, 2.05) is 19.3 Å². The van der Waals surface area contributed by atoms with E-state index in [1.165, 1.54) is 5.69 Å². The lowest BCUT2D eigenvalue weighted by Gasteiger charge is -2.00. The molecular weight excluding hydrogens is 190 g/mol. The van der Waals surface area contributed by atoms with Crippen molar-refractivity contribution in [1.82, 2.24) is 25.1 Å². The molecule has 0 saturated heterocycles. The molecule has 0 spiro atoms. The van der Waals surface area contributed by atoms with Crippen molar-refractivity contribution in [2.75, 3.05) is 6.54 Å². The number of aryl methyl sites for hydroxylation is 1. The normalized spacial score (nSPS) is 10.7. The number of hydrogen-bond donors (Lipinski definition) is 2. The zero-order chi connectivity index (χ0) is 10.5. The summed E-state index contributed by atoms with van der Waals surface area (Å²) < 4.78 is 1.72. The summed E-state index contributed by atoms with van der Waals surface area (Å²) in [5.41, 5.74) is 1.20. The number of H-pyrrole nitrogens is 1. The molecule has 5 nitrogen and oxygen atoms in total. The van der Waals surface area contributed by atoms with Gasteiger partial charge in [-0.3, -0.25) is 4.68 Å². The Bertz CT molecular complexity index is 390. The Morgan fingerprint density at radius 1 is 1.53 bits per heavy atom. The third-order valence-electron chi connectivity index (χ3n) is 2.15. The zero-order valence-corrected chi connectivity index (χ0v) is 8.77. The molecule has 2 N–H and O–H groups in total. The van der Waals surface area contributed by atoms with Gasteiger partial charge in [-0.2, -0.15) is 5.10 Å². The molecule has 0 aliphatic carbocycles. The highest BCUT2D eigenvalue weighted by molar-refractivity contribution is 5.02. The number of aromatic amines is 1. The Morgan fingerprint density at radius 2 is 2.47 bits per heavy atom. The van der Waals surface area contributed by atoms with E-state index in [-0.39, 0.29) is 0 Å². The zero-order valence-electron chi connectivity index (χ0n) is 8.77. The van der Waals surface area contributed by atoms with Crippen LogP contribution in [0, 0.1) is 0 Å². The van der Waals surface area contributed by atoms with Crippen molar-refractivity contribution in [2.24, 2.45) is 7.05 Å². The quantitative estimate of drug-likeness (QED) is 0.698. The summed E-state index contributed by atoms with van der Waals surface area (Å²) in [5, 5.41) is 7.53. The van der Waals surface area contributed by atoms with Crippen molar-refractivity contribution >= 4 is 0 Å². The van der Waals surface area contributed by atoms with Gasteiger partial charge >= 0.3 is 0 Å². The number of aromatic nitrogens is 4. The number of rotatable bonds is 5. The lowest BCUT2D eigenvalue weighted by Crippen LogP contribution is -2.17. The Hall–Kier alpha value is -1.62. The van der Waals surface area contributed by atoms with Crippen LogP contribution in [0.2, 0.25) is 0 Å². The smallest absolute Gasteiger partial charge is 0.151 e. The van der Waals surface area contributed by atoms with Gasteiger partial charge in [0.25, 0.3) is 0 Å². The Kier molecular flexibility index (Phi) is 3.14. The van der Waals surface area contributed by atoms with Crippen molar-refractivity contribution in [3.63, 3.8) is 0 Å². The summed E-state index contributed by atoms with van der Waals surface area (Å²) in [6.07, 6.45) is 4.51. The molecule has 0 fully saturated rings. The fourth-order valence-electron chi connectivity index (χ4n) is 1.40. The average Bonchev–Trinajstić information content (AvgIpc) is 2.84. The van der Waals surface area contributed by atoms with Gasteiger partial charge in [0, 0.05) is 38.4 Å². The van der Waals surface area contributed by atoms with Gasteiger partial charge in [0.15, 0.2) is 5.82 Å². The van der Waals surface area contributed by atoms with Gasteiger partial charge in [0.05, 0.1) is 0 Å². The molecule has 0 amide bonds. The van der Waals surface area contributed by atoms with Gasteiger partial charge in [-0.05, 0) is 12.1 Å². The molecule has 15 heavy (non-hydrogen) atoms. The Balaban J connectivity index is 1.67. The molecule has 2 rings (SSSR count). The molecular formula is C10H15N5. The van der Waals surface area contributed by atoms with Crippen LogP contribution in [-0.4, -0.2) is 26.3 Å². The molecule has 0 radical (unpaired) electrons. The summed E-state index contributed by atoms with van der Waals surface area (Å²) in [6.45, 7) is 1.75. The first-order chi connectivity index (χ1) is 7.34. The van der Waals surface area contributed by atoms with E-state index < -0.39 is 0 Å². The van der Waals surface area contributed by atoms with Crippen molar-refractivity contribution in [1.29, 1.82) is 0 Å². The first kappa shape index (κ1) is 9.92. The minimum absolute atomic E-state index is 0.861. The lowest BCUT2D eigenvalue weighted by atomic mass is 10.4. The van der Waals surface area contributed by atoms with Crippen LogP contribution in [0.25, 0.3) is 0 Å². The van der Waals surface area contributed by atoms with Gasteiger partial charge in [0.1, 0.15) is 6.33 Å². The highest BCUT2D eigenvalue weighted by atomic mass is 15.3. The van der Waals surface area contributed by atoms with Crippen LogP contribution in [0.3, 0.4) is 0 Å². The van der Waals surface area contributed by atoms with Gasteiger partial charge in [-0.15, -0.1) is 0 Å². The van der Waals surface area contributed by atoms with Crippen LogP contribution >= 0.6 is 0 Å². The van der Waals surface area contributed by atoms with E-state index in [4.69, 9.17) is 0 Å². The van der Waals surface area contributed by atoms with E-state index in [0.29, 0.717) is 0 Å². The van der Waals surface area contributed by atoms with Crippen LogP contribution < -0.4 is 5.32 Å². The molecule has 5 heteroatoms. The highest BCUT2D eigenvalue weighted by Gasteiger charge is 1.98. The minimum atomic E-state index is 0.861. The van der Waals surface area contributed by atoms with Crippen LogP contribution in [-0.2, 0) is 20.0 Å². The maximum atomic E-state index is 4.20. The maximum Gasteiger partial charge on any atom is 0.151 e. The molecule has 80 valence electrons. The molecule has 0 bridgehead atoms. The van der Waals surface area contributed by atoms with Crippen molar-refractivity contribution in [3.05, 3.63) is 36.2 Å². The molecule has 0 aromatic carbocycles. The monoisotopic (exact) mass is 205 g/mol. The maximum absolute atomic E-state index is 4.20. The molecule has 0 atom stereocenters. The molecule has 0 unspecified atom stereocenters. The van der Waals surface area contributed by atoms with E-state index in [9.17, 15) is 0 Å². The van der Waals surface area contributed by atoms with Gasteiger partial charge < -0.3 is 10.3 Å². The third kappa shape index (κ3) is 2.92. The standard InChI is InChI=1S/C10H15N5/c1-15-8-13-10(14-15)4-6-11-7-9-3-2-5-12-9/h2-3,5,8,11-12H,4,6-7H2,1H3. The van der Waals surface area contributed by atoms with Crippen molar-refractivity contribution in [3.8, 4) is 0 Å².